The number of anilines is 1. The van der Waals surface area contributed by atoms with Crippen molar-refractivity contribution < 1.29 is 13.2 Å². The Balaban J connectivity index is 1.17. The van der Waals surface area contributed by atoms with Crippen LogP contribution in [0.2, 0.25) is 0 Å². The maximum Gasteiger partial charge on any atom is 0.244 e. The number of carbonyl (C=O) groups is 1. The van der Waals surface area contributed by atoms with Gasteiger partial charge in [0.15, 0.2) is 0 Å². The lowest BCUT2D eigenvalue weighted by Gasteiger charge is -2.33. The standard InChI is InChI=1S/C29H30N4O3S2/c1-22(29(34)31-27-13-7-11-24-10-5-6-12-26(24)27)37-28-15-14-25(20-30-28)38(35,36)33-18-16-32(17-19-33)21-23-8-3-2-4-9-23/h2-15,20,22H,16-19,21H2,1H3,(H,31,34)/t22-/m0/s1. The molecule has 196 valence electrons. The van der Waals surface area contributed by atoms with E-state index < -0.39 is 15.3 Å². The van der Waals surface area contributed by atoms with E-state index in [2.05, 4.69) is 27.3 Å². The van der Waals surface area contributed by atoms with Gasteiger partial charge in [0.2, 0.25) is 15.9 Å². The summed E-state index contributed by atoms with van der Waals surface area (Å²) in [6.45, 7) is 4.87. The van der Waals surface area contributed by atoms with Crippen molar-refractivity contribution in [1.29, 1.82) is 0 Å². The number of benzene rings is 3. The van der Waals surface area contributed by atoms with Gasteiger partial charge in [-0.3, -0.25) is 9.69 Å². The lowest BCUT2D eigenvalue weighted by Crippen LogP contribution is -2.48. The summed E-state index contributed by atoms with van der Waals surface area (Å²) in [6, 6.07) is 27.2. The first kappa shape index (κ1) is 26.4. The number of amides is 1. The van der Waals surface area contributed by atoms with Crippen molar-refractivity contribution in [2.24, 2.45) is 0 Å². The van der Waals surface area contributed by atoms with Gasteiger partial charge in [-0.05, 0) is 36.1 Å². The lowest BCUT2D eigenvalue weighted by molar-refractivity contribution is -0.115. The molecule has 3 aromatic carbocycles. The van der Waals surface area contributed by atoms with E-state index in [0.717, 1.165) is 23.0 Å². The Labute approximate surface area is 227 Å². The van der Waals surface area contributed by atoms with E-state index in [-0.39, 0.29) is 10.8 Å². The fourth-order valence-electron chi connectivity index (χ4n) is 4.51. The average molecular weight is 547 g/mol. The SMILES string of the molecule is C[C@H](Sc1ccc(S(=O)(=O)N2CCN(Cc3ccccc3)CC2)cn1)C(=O)Nc1cccc2ccccc12. The fraction of sp³-hybridized carbons (Fsp3) is 0.241. The maximum atomic E-state index is 13.2. The van der Waals surface area contributed by atoms with Gasteiger partial charge >= 0.3 is 0 Å². The van der Waals surface area contributed by atoms with Crippen LogP contribution < -0.4 is 5.32 Å². The number of aromatic nitrogens is 1. The van der Waals surface area contributed by atoms with Crippen LogP contribution in [-0.2, 0) is 21.4 Å². The first-order chi connectivity index (χ1) is 18.4. The largest absolute Gasteiger partial charge is 0.325 e. The van der Waals surface area contributed by atoms with Gasteiger partial charge < -0.3 is 5.32 Å². The highest BCUT2D eigenvalue weighted by Gasteiger charge is 2.29. The van der Waals surface area contributed by atoms with Crippen LogP contribution in [0.1, 0.15) is 12.5 Å². The van der Waals surface area contributed by atoms with Gasteiger partial charge in [0.1, 0.15) is 4.90 Å². The Morgan fingerprint density at radius 3 is 2.37 bits per heavy atom. The molecule has 38 heavy (non-hydrogen) atoms. The van der Waals surface area contributed by atoms with Gasteiger partial charge in [0.05, 0.1) is 10.3 Å². The van der Waals surface area contributed by atoms with Crippen LogP contribution in [0.5, 0.6) is 0 Å². The zero-order valence-corrected chi connectivity index (χ0v) is 22.8. The number of nitrogens with one attached hydrogen (secondary N) is 1. The molecule has 0 bridgehead atoms. The highest BCUT2D eigenvalue weighted by Crippen LogP contribution is 2.27. The minimum Gasteiger partial charge on any atom is -0.325 e. The molecule has 1 saturated heterocycles. The van der Waals surface area contributed by atoms with E-state index in [1.165, 1.54) is 27.8 Å². The van der Waals surface area contributed by atoms with Crippen LogP contribution in [0.15, 0.2) is 101 Å². The summed E-state index contributed by atoms with van der Waals surface area (Å²) < 4.78 is 27.9. The predicted molar refractivity (Wildman–Crippen MR) is 153 cm³/mol. The van der Waals surface area contributed by atoms with Crippen LogP contribution in [0.3, 0.4) is 0 Å². The molecule has 0 unspecified atom stereocenters. The number of rotatable bonds is 8. The third kappa shape index (κ3) is 6.07. The topological polar surface area (TPSA) is 82.6 Å². The normalized spacial score (nSPS) is 15.8. The molecule has 2 heterocycles. The van der Waals surface area contributed by atoms with Gasteiger partial charge in [-0.25, -0.2) is 13.4 Å². The Morgan fingerprint density at radius 1 is 0.921 bits per heavy atom. The summed E-state index contributed by atoms with van der Waals surface area (Å²) in [4.78, 5) is 19.7. The third-order valence-corrected chi connectivity index (χ3v) is 9.57. The number of carbonyl (C=O) groups excluding carboxylic acids is 1. The molecule has 7 nitrogen and oxygen atoms in total. The molecule has 1 atom stereocenters. The molecule has 1 amide bonds. The van der Waals surface area contributed by atoms with Crippen molar-refractivity contribution in [2.45, 2.75) is 28.6 Å². The van der Waals surface area contributed by atoms with Gasteiger partial charge in [-0.15, -0.1) is 0 Å². The number of sulfonamides is 1. The molecule has 5 rings (SSSR count). The first-order valence-electron chi connectivity index (χ1n) is 12.6. The van der Waals surface area contributed by atoms with Gasteiger partial charge in [0.25, 0.3) is 0 Å². The Kier molecular flexibility index (Phi) is 8.09. The minimum absolute atomic E-state index is 0.141. The smallest absolute Gasteiger partial charge is 0.244 e. The van der Waals surface area contributed by atoms with Crippen LogP contribution in [0, 0.1) is 0 Å². The van der Waals surface area contributed by atoms with E-state index in [4.69, 9.17) is 0 Å². The molecular weight excluding hydrogens is 516 g/mol. The first-order valence-corrected chi connectivity index (χ1v) is 14.9. The number of fused-ring (bicyclic) bond motifs is 1. The van der Waals surface area contributed by atoms with E-state index >= 15 is 0 Å². The molecule has 0 aliphatic carbocycles. The molecule has 1 aliphatic heterocycles. The Bertz CT molecular complexity index is 1500. The van der Waals surface area contributed by atoms with Crippen molar-refractivity contribution in [2.75, 3.05) is 31.5 Å². The second-order valence-electron chi connectivity index (χ2n) is 9.27. The average Bonchev–Trinajstić information content (AvgIpc) is 2.94. The summed E-state index contributed by atoms with van der Waals surface area (Å²) in [7, 11) is -3.63. The van der Waals surface area contributed by atoms with Crippen LogP contribution in [0.25, 0.3) is 10.8 Å². The predicted octanol–water partition coefficient (Wildman–Crippen LogP) is 4.86. The Morgan fingerprint density at radius 2 is 1.63 bits per heavy atom. The van der Waals surface area contributed by atoms with Crippen LogP contribution in [0.4, 0.5) is 5.69 Å². The second-order valence-corrected chi connectivity index (χ2v) is 12.6. The van der Waals surface area contributed by atoms with Crippen molar-refractivity contribution in [3.63, 3.8) is 0 Å². The molecule has 0 saturated carbocycles. The Hall–Kier alpha value is -3.24. The summed E-state index contributed by atoms with van der Waals surface area (Å²) in [5, 5.41) is 5.23. The van der Waals surface area contributed by atoms with Crippen LogP contribution in [-0.4, -0.2) is 59.9 Å². The lowest BCUT2D eigenvalue weighted by atomic mass is 10.1. The second kappa shape index (κ2) is 11.7. The summed E-state index contributed by atoms with van der Waals surface area (Å²) in [5.74, 6) is -0.141. The van der Waals surface area contributed by atoms with E-state index in [1.807, 2.05) is 67.6 Å². The molecule has 4 aromatic rings. The van der Waals surface area contributed by atoms with Crippen LogP contribution >= 0.6 is 11.8 Å². The number of piperazine rings is 1. The van der Waals surface area contributed by atoms with Crippen molar-refractivity contribution >= 4 is 44.2 Å². The summed E-state index contributed by atoms with van der Waals surface area (Å²) in [5.41, 5.74) is 1.99. The number of nitrogens with zero attached hydrogens (tertiary/aromatic N) is 3. The monoisotopic (exact) mass is 546 g/mol. The molecule has 9 heteroatoms. The van der Waals surface area contributed by atoms with E-state index in [0.29, 0.717) is 31.2 Å². The van der Waals surface area contributed by atoms with Gasteiger partial charge in [-0.2, -0.15) is 4.31 Å². The molecule has 1 aromatic heterocycles. The summed E-state index contributed by atoms with van der Waals surface area (Å²) >= 11 is 1.29. The highest BCUT2D eigenvalue weighted by atomic mass is 32.2. The van der Waals surface area contributed by atoms with Crippen molar-refractivity contribution in [3.05, 3.63) is 96.7 Å². The number of hydrogen-bond donors (Lipinski definition) is 1. The zero-order chi connectivity index (χ0) is 26.5. The van der Waals surface area contributed by atoms with Gasteiger partial charge in [0, 0.05) is 50.0 Å². The quantitative estimate of drug-likeness (QED) is 0.318. The molecule has 1 aliphatic rings. The number of hydrogen-bond acceptors (Lipinski definition) is 6. The molecule has 1 fully saturated rings. The molecule has 0 radical (unpaired) electrons. The maximum absolute atomic E-state index is 13.2. The van der Waals surface area contributed by atoms with E-state index in [1.54, 1.807) is 12.1 Å². The van der Waals surface area contributed by atoms with Crippen molar-refractivity contribution in [3.8, 4) is 0 Å². The molecule has 0 spiro atoms. The molecule has 1 N–H and O–H groups in total. The fourth-order valence-corrected chi connectivity index (χ4v) is 6.67. The van der Waals surface area contributed by atoms with E-state index in [9.17, 15) is 13.2 Å². The summed E-state index contributed by atoms with van der Waals surface area (Å²) in [6.07, 6.45) is 1.39. The minimum atomic E-state index is -3.63. The number of thioether (sulfide) groups is 1. The third-order valence-electron chi connectivity index (χ3n) is 6.64. The van der Waals surface area contributed by atoms with Crippen molar-refractivity contribution in [1.82, 2.24) is 14.2 Å². The highest BCUT2D eigenvalue weighted by molar-refractivity contribution is 8.00. The number of pyridine rings is 1. The van der Waals surface area contributed by atoms with Gasteiger partial charge in [-0.1, -0.05) is 78.5 Å². The molecular formula is C29H30N4O3S2. The zero-order valence-electron chi connectivity index (χ0n) is 21.2.